The average molecular weight is 310 g/mol. The topological polar surface area (TPSA) is 67.2 Å². The summed E-state index contributed by atoms with van der Waals surface area (Å²) in [5.74, 6) is 0.545. The SMILES string of the molecule is CNC(=O)Nc1c(C)noc1-c1ccc(Br)cc1. The maximum atomic E-state index is 11.4. The quantitative estimate of drug-likeness (QED) is 0.895. The molecular formula is C12H12BrN3O2. The predicted molar refractivity (Wildman–Crippen MR) is 72.5 cm³/mol. The van der Waals surface area contributed by atoms with E-state index in [-0.39, 0.29) is 6.03 Å². The molecule has 1 heterocycles. The first-order valence-corrected chi connectivity index (χ1v) is 6.12. The van der Waals surface area contributed by atoms with Crippen molar-refractivity contribution in [3.63, 3.8) is 0 Å². The molecule has 0 saturated heterocycles. The van der Waals surface area contributed by atoms with Crippen LogP contribution in [0.25, 0.3) is 11.3 Å². The Morgan fingerprint density at radius 3 is 2.61 bits per heavy atom. The molecular weight excluding hydrogens is 298 g/mol. The summed E-state index contributed by atoms with van der Waals surface area (Å²) in [6.45, 7) is 1.77. The van der Waals surface area contributed by atoms with Gasteiger partial charge in [-0.15, -0.1) is 0 Å². The van der Waals surface area contributed by atoms with Crippen LogP contribution in [0, 0.1) is 6.92 Å². The van der Waals surface area contributed by atoms with E-state index in [1.165, 1.54) is 0 Å². The molecule has 2 N–H and O–H groups in total. The van der Waals surface area contributed by atoms with Crippen molar-refractivity contribution in [2.45, 2.75) is 6.92 Å². The molecule has 1 aromatic carbocycles. The summed E-state index contributed by atoms with van der Waals surface area (Å²) < 4.78 is 6.23. The van der Waals surface area contributed by atoms with Crippen molar-refractivity contribution in [3.8, 4) is 11.3 Å². The van der Waals surface area contributed by atoms with E-state index < -0.39 is 0 Å². The van der Waals surface area contributed by atoms with Crippen LogP contribution in [0.5, 0.6) is 0 Å². The minimum absolute atomic E-state index is 0.306. The van der Waals surface area contributed by atoms with Gasteiger partial charge in [-0.3, -0.25) is 0 Å². The Labute approximate surface area is 113 Å². The lowest BCUT2D eigenvalue weighted by atomic mass is 10.1. The average Bonchev–Trinajstić information content (AvgIpc) is 2.72. The molecule has 0 saturated carbocycles. The lowest BCUT2D eigenvalue weighted by Crippen LogP contribution is -2.24. The van der Waals surface area contributed by atoms with Crippen molar-refractivity contribution in [1.29, 1.82) is 0 Å². The first-order valence-electron chi connectivity index (χ1n) is 5.32. The highest BCUT2D eigenvalue weighted by molar-refractivity contribution is 9.10. The molecule has 5 nitrogen and oxygen atoms in total. The van der Waals surface area contributed by atoms with Crippen LogP contribution >= 0.6 is 15.9 Å². The van der Waals surface area contributed by atoms with Crippen LogP contribution < -0.4 is 10.6 Å². The molecule has 2 aromatic rings. The van der Waals surface area contributed by atoms with Crippen molar-refractivity contribution < 1.29 is 9.32 Å². The maximum Gasteiger partial charge on any atom is 0.319 e. The summed E-state index contributed by atoms with van der Waals surface area (Å²) in [6.07, 6.45) is 0. The Balaban J connectivity index is 2.39. The van der Waals surface area contributed by atoms with E-state index in [0.29, 0.717) is 17.1 Å². The first-order chi connectivity index (χ1) is 8.61. The second-order valence-corrected chi connectivity index (χ2v) is 4.60. The number of hydrogen-bond acceptors (Lipinski definition) is 3. The lowest BCUT2D eigenvalue weighted by molar-refractivity contribution is 0.254. The highest BCUT2D eigenvalue weighted by Crippen LogP contribution is 2.31. The van der Waals surface area contributed by atoms with Gasteiger partial charge in [-0.1, -0.05) is 21.1 Å². The third-order valence-corrected chi connectivity index (χ3v) is 2.96. The van der Waals surface area contributed by atoms with Crippen molar-refractivity contribution in [1.82, 2.24) is 10.5 Å². The fraction of sp³-hybridized carbons (Fsp3) is 0.167. The van der Waals surface area contributed by atoms with E-state index >= 15 is 0 Å². The largest absolute Gasteiger partial charge is 0.354 e. The minimum Gasteiger partial charge on any atom is -0.354 e. The number of amides is 2. The van der Waals surface area contributed by atoms with Gasteiger partial charge in [0, 0.05) is 17.1 Å². The Morgan fingerprint density at radius 2 is 2.00 bits per heavy atom. The Bertz CT molecular complexity index is 563. The maximum absolute atomic E-state index is 11.4. The second-order valence-electron chi connectivity index (χ2n) is 3.68. The highest BCUT2D eigenvalue weighted by Gasteiger charge is 2.16. The fourth-order valence-electron chi connectivity index (χ4n) is 1.49. The molecule has 0 radical (unpaired) electrons. The number of aromatic nitrogens is 1. The van der Waals surface area contributed by atoms with E-state index in [1.54, 1.807) is 14.0 Å². The summed E-state index contributed by atoms with van der Waals surface area (Å²) in [5.41, 5.74) is 2.07. The van der Waals surface area contributed by atoms with Gasteiger partial charge in [0.05, 0.1) is 0 Å². The molecule has 2 rings (SSSR count). The minimum atomic E-state index is -0.306. The van der Waals surface area contributed by atoms with Gasteiger partial charge in [0.1, 0.15) is 11.4 Å². The third kappa shape index (κ3) is 2.53. The number of halogens is 1. The number of hydrogen-bond donors (Lipinski definition) is 2. The van der Waals surface area contributed by atoms with Crippen LogP contribution in [-0.4, -0.2) is 18.2 Å². The van der Waals surface area contributed by atoms with Gasteiger partial charge in [0.2, 0.25) is 0 Å². The molecule has 0 atom stereocenters. The Morgan fingerprint density at radius 1 is 1.33 bits per heavy atom. The van der Waals surface area contributed by atoms with E-state index in [4.69, 9.17) is 4.52 Å². The van der Waals surface area contributed by atoms with Crippen LogP contribution in [-0.2, 0) is 0 Å². The molecule has 2 amide bonds. The van der Waals surface area contributed by atoms with E-state index in [0.717, 1.165) is 10.0 Å². The van der Waals surface area contributed by atoms with Crippen LogP contribution in [0.3, 0.4) is 0 Å². The Kier molecular flexibility index (Phi) is 3.66. The molecule has 0 bridgehead atoms. The van der Waals surface area contributed by atoms with Gasteiger partial charge in [-0.05, 0) is 31.2 Å². The second kappa shape index (κ2) is 5.22. The molecule has 6 heteroatoms. The zero-order valence-electron chi connectivity index (χ0n) is 9.95. The number of carbonyl (C=O) groups excluding carboxylic acids is 1. The molecule has 0 spiro atoms. The zero-order chi connectivity index (χ0) is 13.1. The van der Waals surface area contributed by atoms with Gasteiger partial charge in [0.25, 0.3) is 0 Å². The number of rotatable bonds is 2. The number of benzene rings is 1. The number of urea groups is 1. The van der Waals surface area contributed by atoms with Crippen molar-refractivity contribution in [2.24, 2.45) is 0 Å². The standard InChI is InChI=1S/C12H12BrN3O2/c1-7-10(15-12(17)14-2)11(18-16-7)8-3-5-9(13)6-4-8/h3-6H,1-2H3,(H2,14,15,17). The van der Waals surface area contributed by atoms with Gasteiger partial charge in [-0.25, -0.2) is 4.79 Å². The summed E-state index contributed by atoms with van der Waals surface area (Å²) >= 11 is 3.37. The summed E-state index contributed by atoms with van der Waals surface area (Å²) in [6, 6.07) is 7.27. The lowest BCUT2D eigenvalue weighted by Gasteiger charge is -2.04. The molecule has 18 heavy (non-hydrogen) atoms. The van der Waals surface area contributed by atoms with Crippen molar-refractivity contribution >= 4 is 27.6 Å². The Hall–Kier alpha value is -1.82. The smallest absolute Gasteiger partial charge is 0.319 e. The summed E-state index contributed by atoms with van der Waals surface area (Å²) in [4.78, 5) is 11.4. The van der Waals surface area contributed by atoms with Gasteiger partial charge < -0.3 is 15.2 Å². The van der Waals surface area contributed by atoms with E-state index in [1.807, 2.05) is 24.3 Å². The third-order valence-electron chi connectivity index (χ3n) is 2.43. The molecule has 94 valence electrons. The van der Waals surface area contributed by atoms with Gasteiger partial charge >= 0.3 is 6.03 Å². The van der Waals surface area contributed by atoms with E-state index in [9.17, 15) is 4.79 Å². The highest BCUT2D eigenvalue weighted by atomic mass is 79.9. The summed E-state index contributed by atoms with van der Waals surface area (Å²) in [7, 11) is 1.55. The van der Waals surface area contributed by atoms with Crippen molar-refractivity contribution in [2.75, 3.05) is 12.4 Å². The van der Waals surface area contributed by atoms with Crippen LogP contribution in [0.15, 0.2) is 33.3 Å². The normalized spacial score (nSPS) is 10.2. The van der Waals surface area contributed by atoms with Gasteiger partial charge in [0.15, 0.2) is 5.76 Å². The molecule has 0 fully saturated rings. The fourth-order valence-corrected chi connectivity index (χ4v) is 1.76. The number of nitrogens with one attached hydrogen (secondary N) is 2. The first kappa shape index (κ1) is 12.6. The number of anilines is 1. The molecule has 1 aromatic heterocycles. The van der Waals surface area contributed by atoms with Crippen molar-refractivity contribution in [3.05, 3.63) is 34.4 Å². The van der Waals surface area contributed by atoms with E-state index in [2.05, 4.69) is 31.7 Å². The number of carbonyl (C=O) groups is 1. The molecule has 0 aliphatic carbocycles. The van der Waals surface area contributed by atoms with Crippen LogP contribution in [0.1, 0.15) is 5.69 Å². The monoisotopic (exact) mass is 309 g/mol. The number of aryl methyl sites for hydroxylation is 1. The van der Waals surface area contributed by atoms with Gasteiger partial charge in [-0.2, -0.15) is 0 Å². The zero-order valence-corrected chi connectivity index (χ0v) is 11.5. The molecule has 0 aliphatic rings. The number of nitrogens with zero attached hydrogens (tertiary/aromatic N) is 1. The molecule has 0 unspecified atom stereocenters. The summed E-state index contributed by atoms with van der Waals surface area (Å²) in [5, 5.41) is 9.07. The predicted octanol–water partition coefficient (Wildman–Crippen LogP) is 3.16. The van der Waals surface area contributed by atoms with Crippen LogP contribution in [0.4, 0.5) is 10.5 Å². The van der Waals surface area contributed by atoms with Crippen LogP contribution in [0.2, 0.25) is 0 Å². The molecule has 0 aliphatic heterocycles.